The molecule has 2 rings (SSSR count). The minimum Gasteiger partial charge on any atom is -0.475 e. The van der Waals surface area contributed by atoms with Gasteiger partial charge in [-0.25, -0.2) is 4.98 Å². The number of nitrogens with zero attached hydrogens (tertiary/aromatic N) is 2. The number of carbonyl (C=O) groups is 1. The fourth-order valence-electron chi connectivity index (χ4n) is 3.19. The average Bonchev–Trinajstić information content (AvgIpc) is 2.99. The molecule has 1 aromatic rings. The Kier molecular flexibility index (Phi) is 6.49. The fourth-order valence-corrected chi connectivity index (χ4v) is 3.19. The van der Waals surface area contributed by atoms with Gasteiger partial charge < -0.3 is 15.0 Å². The van der Waals surface area contributed by atoms with Gasteiger partial charge in [0.2, 0.25) is 11.8 Å². The zero-order chi connectivity index (χ0) is 19.4. The monoisotopic (exact) mass is 373 g/mol. The SMILES string of the molecule is CCN1CCC[C@H]1CC(=O)NC(C)(C)COc1ncccc1C(F)(F)F. The van der Waals surface area contributed by atoms with E-state index in [4.69, 9.17) is 4.74 Å². The molecule has 0 aliphatic carbocycles. The van der Waals surface area contributed by atoms with Crippen LogP contribution in [0.1, 0.15) is 45.6 Å². The van der Waals surface area contributed by atoms with Crippen LogP contribution in [0.2, 0.25) is 0 Å². The van der Waals surface area contributed by atoms with Crippen molar-refractivity contribution >= 4 is 5.91 Å². The summed E-state index contributed by atoms with van der Waals surface area (Å²) in [6, 6.07) is 2.36. The minimum atomic E-state index is -4.54. The highest BCUT2D eigenvalue weighted by molar-refractivity contribution is 5.77. The van der Waals surface area contributed by atoms with Crippen LogP contribution in [0.5, 0.6) is 5.88 Å². The topological polar surface area (TPSA) is 54.5 Å². The molecular weight excluding hydrogens is 347 g/mol. The predicted molar refractivity (Wildman–Crippen MR) is 91.8 cm³/mol. The molecule has 1 atom stereocenters. The van der Waals surface area contributed by atoms with E-state index in [-0.39, 0.29) is 18.6 Å². The molecule has 0 saturated carbocycles. The van der Waals surface area contributed by atoms with Crippen LogP contribution < -0.4 is 10.1 Å². The number of halogens is 3. The highest BCUT2D eigenvalue weighted by Gasteiger charge is 2.36. The third kappa shape index (κ3) is 5.59. The molecule has 1 N–H and O–H groups in total. The van der Waals surface area contributed by atoms with E-state index in [0.29, 0.717) is 6.42 Å². The lowest BCUT2D eigenvalue weighted by Crippen LogP contribution is -2.49. The highest BCUT2D eigenvalue weighted by atomic mass is 19.4. The molecule has 146 valence electrons. The first-order chi connectivity index (χ1) is 12.1. The molecule has 8 heteroatoms. The summed E-state index contributed by atoms with van der Waals surface area (Å²) in [5.74, 6) is -0.601. The summed E-state index contributed by atoms with van der Waals surface area (Å²) < 4.78 is 44.2. The molecule has 1 aliphatic rings. The number of nitrogens with one attached hydrogen (secondary N) is 1. The van der Waals surface area contributed by atoms with Crippen molar-refractivity contribution in [3.8, 4) is 5.88 Å². The van der Waals surface area contributed by atoms with Gasteiger partial charge >= 0.3 is 6.18 Å². The molecule has 1 aromatic heterocycles. The molecular formula is C18H26F3N3O2. The van der Waals surface area contributed by atoms with E-state index in [2.05, 4.69) is 22.1 Å². The molecule has 0 unspecified atom stereocenters. The Balaban J connectivity index is 1.92. The van der Waals surface area contributed by atoms with Gasteiger partial charge in [-0.05, 0) is 51.9 Å². The molecule has 0 spiro atoms. The van der Waals surface area contributed by atoms with Crippen molar-refractivity contribution in [3.63, 3.8) is 0 Å². The maximum absolute atomic E-state index is 13.0. The Hall–Kier alpha value is -1.83. The minimum absolute atomic E-state index is 0.110. The molecule has 1 aliphatic heterocycles. The van der Waals surface area contributed by atoms with Crippen molar-refractivity contribution in [2.45, 2.75) is 57.8 Å². The zero-order valence-electron chi connectivity index (χ0n) is 15.4. The maximum atomic E-state index is 13.0. The quantitative estimate of drug-likeness (QED) is 0.797. The predicted octanol–water partition coefficient (Wildman–Crippen LogP) is 3.25. The Bertz CT molecular complexity index is 620. The molecule has 0 aromatic carbocycles. The lowest BCUT2D eigenvalue weighted by Gasteiger charge is -2.28. The Morgan fingerprint density at radius 1 is 1.42 bits per heavy atom. The average molecular weight is 373 g/mol. The van der Waals surface area contributed by atoms with E-state index in [0.717, 1.165) is 32.0 Å². The number of alkyl halides is 3. The van der Waals surface area contributed by atoms with Gasteiger partial charge in [0.1, 0.15) is 12.2 Å². The van der Waals surface area contributed by atoms with Crippen molar-refractivity contribution in [1.29, 1.82) is 0 Å². The van der Waals surface area contributed by atoms with Crippen LogP contribution >= 0.6 is 0 Å². The summed E-state index contributed by atoms with van der Waals surface area (Å²) in [6.45, 7) is 7.30. The second-order valence-corrected chi connectivity index (χ2v) is 7.20. The molecule has 1 amide bonds. The van der Waals surface area contributed by atoms with Crippen LogP contribution in [0.25, 0.3) is 0 Å². The second-order valence-electron chi connectivity index (χ2n) is 7.20. The molecule has 1 saturated heterocycles. The smallest absolute Gasteiger partial charge is 0.421 e. The summed E-state index contributed by atoms with van der Waals surface area (Å²) in [7, 11) is 0. The highest BCUT2D eigenvalue weighted by Crippen LogP contribution is 2.34. The Morgan fingerprint density at radius 2 is 2.15 bits per heavy atom. The summed E-state index contributed by atoms with van der Waals surface area (Å²) >= 11 is 0. The number of ether oxygens (including phenoxy) is 1. The first kappa shape index (κ1) is 20.5. The van der Waals surface area contributed by atoms with Crippen LogP contribution in [0.15, 0.2) is 18.3 Å². The van der Waals surface area contributed by atoms with Gasteiger partial charge in [-0.3, -0.25) is 4.79 Å². The number of hydrogen-bond donors (Lipinski definition) is 1. The van der Waals surface area contributed by atoms with E-state index < -0.39 is 23.2 Å². The van der Waals surface area contributed by atoms with Gasteiger partial charge in [-0.15, -0.1) is 0 Å². The van der Waals surface area contributed by atoms with E-state index in [1.54, 1.807) is 13.8 Å². The fraction of sp³-hybridized carbons (Fsp3) is 0.667. The summed E-state index contributed by atoms with van der Waals surface area (Å²) in [4.78, 5) is 18.3. The summed E-state index contributed by atoms with van der Waals surface area (Å²) in [5, 5.41) is 2.86. The van der Waals surface area contributed by atoms with Crippen molar-refractivity contribution in [3.05, 3.63) is 23.9 Å². The van der Waals surface area contributed by atoms with Crippen LogP contribution in [-0.2, 0) is 11.0 Å². The second kappa shape index (κ2) is 8.24. The molecule has 2 heterocycles. The molecule has 0 radical (unpaired) electrons. The summed E-state index contributed by atoms with van der Waals surface area (Å²) in [5.41, 5.74) is -1.74. The van der Waals surface area contributed by atoms with Crippen molar-refractivity contribution in [2.24, 2.45) is 0 Å². The van der Waals surface area contributed by atoms with Crippen LogP contribution in [0.4, 0.5) is 13.2 Å². The van der Waals surface area contributed by atoms with Gasteiger partial charge in [0.25, 0.3) is 0 Å². The molecule has 1 fully saturated rings. The number of aromatic nitrogens is 1. The van der Waals surface area contributed by atoms with E-state index in [9.17, 15) is 18.0 Å². The Morgan fingerprint density at radius 3 is 2.81 bits per heavy atom. The maximum Gasteiger partial charge on any atom is 0.421 e. The largest absolute Gasteiger partial charge is 0.475 e. The van der Waals surface area contributed by atoms with Crippen molar-refractivity contribution in [2.75, 3.05) is 19.7 Å². The first-order valence-corrected chi connectivity index (χ1v) is 8.82. The zero-order valence-corrected chi connectivity index (χ0v) is 15.4. The van der Waals surface area contributed by atoms with Gasteiger partial charge in [0.05, 0.1) is 5.54 Å². The third-order valence-corrected chi connectivity index (χ3v) is 4.45. The van der Waals surface area contributed by atoms with E-state index >= 15 is 0 Å². The molecule has 0 bridgehead atoms. The van der Waals surface area contributed by atoms with Gasteiger partial charge in [-0.2, -0.15) is 13.2 Å². The van der Waals surface area contributed by atoms with Gasteiger partial charge in [-0.1, -0.05) is 6.92 Å². The standard InChI is InChI=1S/C18H26F3N3O2/c1-4-24-10-6-7-13(24)11-15(25)23-17(2,3)12-26-16-14(18(19,20)21)8-5-9-22-16/h5,8-9,13H,4,6-7,10-12H2,1-3H3,(H,23,25)/t13-/m0/s1. The van der Waals surface area contributed by atoms with Gasteiger partial charge in [0.15, 0.2) is 0 Å². The number of pyridine rings is 1. The lowest BCUT2D eigenvalue weighted by atomic mass is 10.1. The van der Waals surface area contributed by atoms with Crippen LogP contribution in [0.3, 0.4) is 0 Å². The number of likely N-dealkylation sites (tertiary alicyclic amines) is 1. The van der Waals surface area contributed by atoms with Crippen LogP contribution in [0, 0.1) is 0 Å². The van der Waals surface area contributed by atoms with Crippen molar-refractivity contribution in [1.82, 2.24) is 15.2 Å². The molecule has 26 heavy (non-hydrogen) atoms. The first-order valence-electron chi connectivity index (χ1n) is 8.82. The van der Waals surface area contributed by atoms with Crippen molar-refractivity contribution < 1.29 is 22.7 Å². The Labute approximate surface area is 151 Å². The number of rotatable bonds is 7. The van der Waals surface area contributed by atoms with E-state index in [1.165, 1.54) is 12.3 Å². The van der Waals surface area contributed by atoms with Crippen LogP contribution in [-0.4, -0.2) is 47.1 Å². The number of carbonyl (C=O) groups excluding carboxylic acids is 1. The van der Waals surface area contributed by atoms with E-state index in [1.807, 2.05) is 0 Å². The normalized spacial score (nSPS) is 18.8. The third-order valence-electron chi connectivity index (χ3n) is 4.45. The summed E-state index contributed by atoms with van der Waals surface area (Å²) in [6.07, 6.45) is -0.841. The van der Waals surface area contributed by atoms with Gasteiger partial charge in [0, 0.05) is 18.7 Å². The number of amides is 1. The lowest BCUT2D eigenvalue weighted by molar-refractivity contribution is -0.139. The number of hydrogen-bond acceptors (Lipinski definition) is 4. The molecule has 5 nitrogen and oxygen atoms in total.